The molecule has 0 heterocycles. The number of rotatable bonds is 4. The van der Waals surface area contributed by atoms with Crippen molar-refractivity contribution < 1.29 is 19.8 Å². The van der Waals surface area contributed by atoms with Crippen LogP contribution in [-0.4, -0.2) is 22.2 Å². The number of carboxylic acid groups (broad SMARTS) is 2. The SMILES string of the molecule is CC12CC3CC(C)(C1)CC(c1ccc(C(=O)O)c(C45CC6CC(C)(CC(C)(C6)C4)C5)c1C(=O)O)(C3)C2. The summed E-state index contributed by atoms with van der Waals surface area (Å²) >= 11 is 0. The lowest BCUT2D eigenvalue weighted by molar-refractivity contribution is -0.112. The Hall–Kier alpha value is -1.84. The summed E-state index contributed by atoms with van der Waals surface area (Å²) < 4.78 is 0. The summed E-state index contributed by atoms with van der Waals surface area (Å²) in [7, 11) is 0. The molecular weight excluding hydrogens is 448 g/mol. The van der Waals surface area contributed by atoms with E-state index < -0.39 is 11.9 Å². The first-order valence-corrected chi connectivity index (χ1v) is 14.3. The van der Waals surface area contributed by atoms with E-state index in [0.29, 0.717) is 23.0 Å². The van der Waals surface area contributed by atoms with Gasteiger partial charge in [0.25, 0.3) is 0 Å². The molecule has 0 saturated heterocycles. The van der Waals surface area contributed by atoms with Gasteiger partial charge in [-0.2, -0.15) is 0 Å². The second-order valence-electron chi connectivity index (χ2n) is 16.3. The number of benzene rings is 1. The van der Waals surface area contributed by atoms with Gasteiger partial charge in [-0.3, -0.25) is 0 Å². The summed E-state index contributed by atoms with van der Waals surface area (Å²) in [5.74, 6) is -0.645. The Kier molecular flexibility index (Phi) is 4.26. The smallest absolute Gasteiger partial charge is 0.336 e. The van der Waals surface area contributed by atoms with Crippen LogP contribution in [0.2, 0.25) is 0 Å². The Bertz CT molecular complexity index is 1170. The van der Waals surface area contributed by atoms with Crippen molar-refractivity contribution in [2.24, 2.45) is 33.5 Å². The maximum atomic E-state index is 13.3. The summed E-state index contributed by atoms with van der Waals surface area (Å²) in [4.78, 5) is 26.0. The molecule has 8 aliphatic carbocycles. The van der Waals surface area contributed by atoms with Crippen molar-refractivity contribution in [2.75, 3.05) is 0 Å². The lowest BCUT2D eigenvalue weighted by atomic mass is 9.37. The Balaban J connectivity index is 1.48. The minimum atomic E-state index is -0.963. The summed E-state index contributed by atoms with van der Waals surface area (Å²) in [6, 6.07) is 3.76. The van der Waals surface area contributed by atoms with E-state index in [0.717, 1.165) is 44.1 Å². The molecule has 4 atom stereocenters. The van der Waals surface area contributed by atoms with Crippen LogP contribution in [0.5, 0.6) is 0 Å². The molecule has 1 aromatic carbocycles. The Labute approximate surface area is 215 Å². The minimum absolute atomic E-state index is 0.140. The maximum Gasteiger partial charge on any atom is 0.336 e. The van der Waals surface area contributed by atoms with Crippen molar-refractivity contribution in [2.45, 2.75) is 116 Å². The average molecular weight is 491 g/mol. The lowest BCUT2D eigenvalue weighted by Crippen LogP contribution is -2.58. The van der Waals surface area contributed by atoms with Crippen LogP contribution in [0.1, 0.15) is 137 Å². The number of carboxylic acids is 2. The summed E-state index contributed by atoms with van der Waals surface area (Å²) in [5.41, 5.74) is 2.72. The number of aromatic carboxylic acids is 2. The molecule has 1 aromatic rings. The minimum Gasteiger partial charge on any atom is -0.478 e. The van der Waals surface area contributed by atoms with Gasteiger partial charge in [-0.15, -0.1) is 0 Å². The molecule has 8 bridgehead atoms. The fourth-order valence-electron chi connectivity index (χ4n) is 13.5. The Morgan fingerprint density at radius 1 is 0.639 bits per heavy atom. The standard InChI is InChI=1S/C32H42O4/c1-27-7-19-8-28(2,13-27)16-31(11-19,15-27)22-6-5-21(25(33)34)24(23(22)26(35)36)32-12-20-9-29(3,17-32)14-30(4,10-20)18-32/h5-6,19-20H,7-18H2,1-4H3,(H,33,34)(H,35,36). The van der Waals surface area contributed by atoms with Gasteiger partial charge in [0.15, 0.2) is 0 Å². The monoisotopic (exact) mass is 490 g/mol. The highest BCUT2D eigenvalue weighted by Gasteiger charge is 2.64. The van der Waals surface area contributed by atoms with Crippen molar-refractivity contribution >= 4 is 11.9 Å². The van der Waals surface area contributed by atoms with Crippen molar-refractivity contribution in [3.05, 3.63) is 34.4 Å². The largest absolute Gasteiger partial charge is 0.478 e. The number of hydrogen-bond acceptors (Lipinski definition) is 2. The van der Waals surface area contributed by atoms with Crippen molar-refractivity contribution in [3.63, 3.8) is 0 Å². The van der Waals surface area contributed by atoms with Crippen LogP contribution in [0.4, 0.5) is 0 Å². The molecule has 8 saturated carbocycles. The molecule has 0 spiro atoms. The molecule has 4 nitrogen and oxygen atoms in total. The second-order valence-corrected chi connectivity index (χ2v) is 16.3. The van der Waals surface area contributed by atoms with E-state index in [4.69, 9.17) is 0 Å². The first-order valence-electron chi connectivity index (χ1n) is 14.3. The highest BCUT2D eigenvalue weighted by Crippen LogP contribution is 2.72. The molecular formula is C32H42O4. The zero-order valence-corrected chi connectivity index (χ0v) is 22.5. The van der Waals surface area contributed by atoms with Gasteiger partial charge in [0.05, 0.1) is 11.1 Å². The van der Waals surface area contributed by atoms with E-state index >= 15 is 0 Å². The second kappa shape index (κ2) is 6.59. The van der Waals surface area contributed by atoms with E-state index in [-0.39, 0.29) is 38.1 Å². The van der Waals surface area contributed by atoms with Gasteiger partial charge in [0.1, 0.15) is 0 Å². The zero-order valence-electron chi connectivity index (χ0n) is 22.5. The molecule has 194 valence electrons. The van der Waals surface area contributed by atoms with Gasteiger partial charge >= 0.3 is 11.9 Å². The predicted octanol–water partition coefficient (Wildman–Crippen LogP) is 7.58. The van der Waals surface area contributed by atoms with E-state index in [1.165, 1.54) is 38.5 Å². The molecule has 8 aliphatic rings. The van der Waals surface area contributed by atoms with E-state index in [9.17, 15) is 19.8 Å². The van der Waals surface area contributed by atoms with Gasteiger partial charge in [0.2, 0.25) is 0 Å². The van der Waals surface area contributed by atoms with Crippen LogP contribution in [0, 0.1) is 33.5 Å². The first-order chi connectivity index (χ1) is 16.7. The maximum absolute atomic E-state index is 13.3. The topological polar surface area (TPSA) is 74.6 Å². The van der Waals surface area contributed by atoms with Gasteiger partial charge in [-0.1, -0.05) is 33.8 Å². The Morgan fingerprint density at radius 3 is 1.50 bits per heavy atom. The average Bonchev–Trinajstić information content (AvgIpc) is 2.67. The highest BCUT2D eigenvalue weighted by atomic mass is 16.4. The fourth-order valence-corrected chi connectivity index (χ4v) is 13.5. The van der Waals surface area contributed by atoms with Crippen LogP contribution >= 0.6 is 0 Å². The molecule has 2 N–H and O–H groups in total. The molecule has 4 unspecified atom stereocenters. The Morgan fingerprint density at radius 2 is 1.08 bits per heavy atom. The highest BCUT2D eigenvalue weighted by molar-refractivity contribution is 5.99. The normalized spacial score (nSPS) is 50.0. The van der Waals surface area contributed by atoms with Crippen LogP contribution in [0.3, 0.4) is 0 Å². The van der Waals surface area contributed by atoms with Crippen LogP contribution in [-0.2, 0) is 10.8 Å². The van der Waals surface area contributed by atoms with Crippen LogP contribution in [0.15, 0.2) is 12.1 Å². The van der Waals surface area contributed by atoms with Gasteiger partial charge < -0.3 is 10.2 Å². The summed E-state index contributed by atoms with van der Waals surface area (Å²) in [5, 5.41) is 21.3. The third-order valence-corrected chi connectivity index (χ3v) is 12.0. The zero-order chi connectivity index (χ0) is 25.5. The molecule has 0 aromatic heterocycles. The van der Waals surface area contributed by atoms with Crippen LogP contribution < -0.4 is 0 Å². The molecule has 8 fully saturated rings. The van der Waals surface area contributed by atoms with E-state index in [1.807, 2.05) is 12.1 Å². The molecule has 0 aliphatic heterocycles. The lowest BCUT2D eigenvalue weighted by Gasteiger charge is -2.67. The van der Waals surface area contributed by atoms with Crippen molar-refractivity contribution in [3.8, 4) is 0 Å². The summed E-state index contributed by atoms with van der Waals surface area (Å²) in [6.07, 6.45) is 13.3. The quantitative estimate of drug-likeness (QED) is 0.456. The third-order valence-electron chi connectivity index (χ3n) is 12.0. The number of hydrogen-bond donors (Lipinski definition) is 2. The van der Waals surface area contributed by atoms with Crippen LogP contribution in [0.25, 0.3) is 0 Å². The summed E-state index contributed by atoms with van der Waals surface area (Å²) in [6.45, 7) is 9.63. The van der Waals surface area contributed by atoms with E-state index in [2.05, 4.69) is 27.7 Å². The third kappa shape index (κ3) is 3.05. The first kappa shape index (κ1) is 23.3. The molecule has 9 rings (SSSR count). The predicted molar refractivity (Wildman–Crippen MR) is 139 cm³/mol. The molecule has 4 heteroatoms. The fraction of sp³-hybridized carbons (Fsp3) is 0.750. The number of carbonyl (C=O) groups is 2. The van der Waals surface area contributed by atoms with Gasteiger partial charge in [-0.05, 0) is 139 Å². The van der Waals surface area contributed by atoms with E-state index in [1.54, 1.807) is 0 Å². The molecule has 0 radical (unpaired) electrons. The van der Waals surface area contributed by atoms with Gasteiger partial charge in [-0.25, -0.2) is 9.59 Å². The van der Waals surface area contributed by atoms with Gasteiger partial charge in [0, 0.05) is 0 Å². The molecule has 36 heavy (non-hydrogen) atoms. The van der Waals surface area contributed by atoms with Crippen molar-refractivity contribution in [1.82, 2.24) is 0 Å². The van der Waals surface area contributed by atoms with Crippen molar-refractivity contribution in [1.29, 1.82) is 0 Å². The molecule has 0 amide bonds.